The van der Waals surface area contributed by atoms with Crippen LogP contribution < -0.4 is 10.6 Å². The fourth-order valence-corrected chi connectivity index (χ4v) is 1.24. The molecule has 0 spiro atoms. The largest absolute Gasteiger partial charge is 0.396 e. The molecule has 0 aliphatic heterocycles. The molecule has 1 unspecified atom stereocenters. The minimum absolute atomic E-state index is 0.0899. The summed E-state index contributed by atoms with van der Waals surface area (Å²) < 4.78 is 12.6. The molecule has 0 radical (unpaired) electrons. The van der Waals surface area contributed by atoms with Crippen molar-refractivity contribution in [1.82, 2.24) is 5.32 Å². The molecule has 1 aromatic rings. The molecule has 1 atom stereocenters. The maximum absolute atomic E-state index is 12.6. The smallest absolute Gasteiger partial charge is 0.238 e. The van der Waals surface area contributed by atoms with E-state index >= 15 is 0 Å². The Kier molecular flexibility index (Phi) is 5.59. The highest BCUT2D eigenvalue weighted by atomic mass is 19.1. The summed E-state index contributed by atoms with van der Waals surface area (Å²) >= 11 is 0. The first-order chi connectivity index (χ1) is 8.11. The minimum Gasteiger partial charge on any atom is -0.396 e. The molecule has 3 N–H and O–H groups in total. The van der Waals surface area contributed by atoms with Gasteiger partial charge in [0, 0.05) is 18.8 Å². The van der Waals surface area contributed by atoms with E-state index in [1.54, 1.807) is 0 Å². The van der Waals surface area contributed by atoms with Crippen LogP contribution in [-0.2, 0) is 4.79 Å². The first-order valence-electron chi connectivity index (χ1n) is 5.49. The number of aliphatic hydroxyl groups is 1. The van der Waals surface area contributed by atoms with Crippen LogP contribution >= 0.6 is 0 Å². The fourth-order valence-electron chi connectivity index (χ4n) is 1.24. The average molecular weight is 240 g/mol. The lowest BCUT2D eigenvalue weighted by Gasteiger charge is -2.09. The van der Waals surface area contributed by atoms with Gasteiger partial charge in [-0.1, -0.05) is 6.92 Å². The lowest BCUT2D eigenvalue weighted by Crippen LogP contribution is -2.31. The quantitative estimate of drug-likeness (QED) is 0.694. The second-order valence-corrected chi connectivity index (χ2v) is 3.97. The summed E-state index contributed by atoms with van der Waals surface area (Å²) in [4.78, 5) is 11.4. The van der Waals surface area contributed by atoms with Crippen molar-refractivity contribution >= 4 is 11.6 Å². The molecule has 1 amide bonds. The molecule has 1 aromatic carbocycles. The van der Waals surface area contributed by atoms with Gasteiger partial charge in [0.25, 0.3) is 0 Å². The molecule has 0 aliphatic carbocycles. The maximum Gasteiger partial charge on any atom is 0.238 e. The molecule has 0 fully saturated rings. The van der Waals surface area contributed by atoms with Gasteiger partial charge in [-0.2, -0.15) is 0 Å². The summed E-state index contributed by atoms with van der Waals surface area (Å²) in [5, 5.41) is 14.3. The minimum atomic E-state index is -0.335. The summed E-state index contributed by atoms with van der Waals surface area (Å²) in [7, 11) is 0. The Morgan fingerprint density at radius 1 is 1.41 bits per heavy atom. The molecule has 0 saturated heterocycles. The van der Waals surface area contributed by atoms with E-state index in [-0.39, 0.29) is 30.8 Å². The summed E-state index contributed by atoms with van der Waals surface area (Å²) in [6, 6.07) is 5.58. The number of hydrogen-bond donors (Lipinski definition) is 3. The van der Waals surface area contributed by atoms with Gasteiger partial charge in [0.05, 0.1) is 6.54 Å². The van der Waals surface area contributed by atoms with Crippen LogP contribution in [0.3, 0.4) is 0 Å². The van der Waals surface area contributed by atoms with Crippen molar-refractivity contribution in [3.05, 3.63) is 30.1 Å². The van der Waals surface area contributed by atoms with Crippen LogP contribution in [-0.4, -0.2) is 30.7 Å². The normalized spacial score (nSPS) is 12.2. The van der Waals surface area contributed by atoms with Crippen molar-refractivity contribution in [2.45, 2.75) is 6.92 Å². The molecule has 0 bridgehead atoms. The standard InChI is InChI=1S/C12H17FN2O2/c1-9(8-16)6-14-7-12(17)15-11-4-2-10(13)3-5-11/h2-5,9,14,16H,6-8H2,1H3,(H,15,17). The zero-order chi connectivity index (χ0) is 12.7. The molecule has 5 heteroatoms. The van der Waals surface area contributed by atoms with Crippen LogP contribution in [0.1, 0.15) is 6.92 Å². The number of carbonyl (C=O) groups is 1. The Morgan fingerprint density at radius 2 is 2.06 bits per heavy atom. The molecule has 0 saturated carbocycles. The maximum atomic E-state index is 12.6. The Hall–Kier alpha value is -1.46. The van der Waals surface area contributed by atoms with Gasteiger partial charge >= 0.3 is 0 Å². The molecule has 0 aromatic heterocycles. The van der Waals surface area contributed by atoms with Gasteiger partial charge in [0.2, 0.25) is 5.91 Å². The molecule has 1 rings (SSSR count). The van der Waals surface area contributed by atoms with Gasteiger partial charge in [-0.15, -0.1) is 0 Å². The molecule has 0 heterocycles. The summed E-state index contributed by atoms with van der Waals surface area (Å²) in [6.07, 6.45) is 0. The van der Waals surface area contributed by atoms with E-state index in [1.165, 1.54) is 24.3 Å². The number of benzene rings is 1. The summed E-state index contributed by atoms with van der Waals surface area (Å²) in [5.41, 5.74) is 0.563. The third-order valence-corrected chi connectivity index (χ3v) is 2.22. The second kappa shape index (κ2) is 6.98. The van der Waals surface area contributed by atoms with Gasteiger partial charge in [-0.25, -0.2) is 4.39 Å². The number of hydrogen-bond acceptors (Lipinski definition) is 3. The van der Waals surface area contributed by atoms with Crippen molar-refractivity contribution in [2.24, 2.45) is 5.92 Å². The lowest BCUT2D eigenvalue weighted by molar-refractivity contribution is -0.115. The molecule has 17 heavy (non-hydrogen) atoms. The van der Waals surface area contributed by atoms with E-state index in [0.29, 0.717) is 12.2 Å². The summed E-state index contributed by atoms with van der Waals surface area (Å²) in [6.45, 7) is 2.71. The highest BCUT2D eigenvalue weighted by Crippen LogP contribution is 2.07. The monoisotopic (exact) mass is 240 g/mol. The van der Waals surface area contributed by atoms with E-state index in [2.05, 4.69) is 10.6 Å². The van der Waals surface area contributed by atoms with Crippen LogP contribution in [0.25, 0.3) is 0 Å². The van der Waals surface area contributed by atoms with Crippen molar-refractivity contribution < 1.29 is 14.3 Å². The molecular formula is C12H17FN2O2. The molecular weight excluding hydrogens is 223 g/mol. The fraction of sp³-hybridized carbons (Fsp3) is 0.417. The predicted octanol–water partition coefficient (Wildman–Crippen LogP) is 0.982. The number of carbonyl (C=O) groups excluding carboxylic acids is 1. The van der Waals surface area contributed by atoms with Gasteiger partial charge in [0.1, 0.15) is 5.82 Å². The van der Waals surface area contributed by atoms with E-state index in [1.807, 2.05) is 6.92 Å². The van der Waals surface area contributed by atoms with E-state index in [0.717, 1.165) is 0 Å². The number of anilines is 1. The third-order valence-electron chi connectivity index (χ3n) is 2.22. The Morgan fingerprint density at radius 3 is 2.65 bits per heavy atom. The Balaban J connectivity index is 2.27. The van der Waals surface area contributed by atoms with Crippen LogP contribution in [0.4, 0.5) is 10.1 Å². The number of amides is 1. The van der Waals surface area contributed by atoms with Gasteiger partial charge < -0.3 is 15.7 Å². The van der Waals surface area contributed by atoms with Crippen molar-refractivity contribution in [3.8, 4) is 0 Å². The summed E-state index contributed by atoms with van der Waals surface area (Å²) in [5.74, 6) is -0.409. The highest BCUT2D eigenvalue weighted by Gasteiger charge is 2.04. The first kappa shape index (κ1) is 13.6. The van der Waals surface area contributed by atoms with E-state index in [4.69, 9.17) is 5.11 Å². The predicted molar refractivity (Wildman–Crippen MR) is 64.1 cm³/mol. The molecule has 4 nitrogen and oxygen atoms in total. The Bertz CT molecular complexity index is 354. The van der Waals surface area contributed by atoms with Crippen molar-refractivity contribution in [1.29, 1.82) is 0 Å². The van der Waals surface area contributed by atoms with Gasteiger partial charge in [-0.05, 0) is 30.2 Å². The van der Waals surface area contributed by atoms with E-state index < -0.39 is 0 Å². The van der Waals surface area contributed by atoms with Gasteiger partial charge in [-0.3, -0.25) is 4.79 Å². The second-order valence-electron chi connectivity index (χ2n) is 3.97. The Labute approximate surface area is 99.8 Å². The third kappa shape index (κ3) is 5.42. The van der Waals surface area contributed by atoms with Crippen LogP contribution in [0.5, 0.6) is 0 Å². The highest BCUT2D eigenvalue weighted by molar-refractivity contribution is 5.92. The van der Waals surface area contributed by atoms with Crippen molar-refractivity contribution in [3.63, 3.8) is 0 Å². The lowest BCUT2D eigenvalue weighted by atomic mass is 10.2. The zero-order valence-corrected chi connectivity index (χ0v) is 9.74. The number of nitrogens with one attached hydrogen (secondary N) is 2. The molecule has 94 valence electrons. The first-order valence-corrected chi connectivity index (χ1v) is 5.49. The number of rotatable bonds is 6. The zero-order valence-electron chi connectivity index (χ0n) is 9.74. The molecule has 0 aliphatic rings. The van der Waals surface area contributed by atoms with Crippen LogP contribution in [0.15, 0.2) is 24.3 Å². The van der Waals surface area contributed by atoms with Crippen LogP contribution in [0, 0.1) is 11.7 Å². The topological polar surface area (TPSA) is 61.4 Å². The van der Waals surface area contributed by atoms with Crippen molar-refractivity contribution in [2.75, 3.05) is 25.0 Å². The number of aliphatic hydroxyl groups excluding tert-OH is 1. The SMILES string of the molecule is CC(CO)CNCC(=O)Nc1ccc(F)cc1. The van der Waals surface area contributed by atoms with Crippen LogP contribution in [0.2, 0.25) is 0 Å². The number of halogens is 1. The average Bonchev–Trinajstić information content (AvgIpc) is 2.32. The van der Waals surface area contributed by atoms with Gasteiger partial charge in [0.15, 0.2) is 0 Å². The van der Waals surface area contributed by atoms with E-state index in [9.17, 15) is 9.18 Å².